The molecule has 0 N–H and O–H groups in total. The van der Waals surface area contributed by atoms with Crippen molar-refractivity contribution in [3.05, 3.63) is 241 Å². The maximum atomic E-state index is 8.01. The molecule has 0 atom stereocenters. The Morgan fingerprint density at radius 2 is 0.881 bits per heavy atom. The van der Waals surface area contributed by atoms with E-state index in [0.717, 1.165) is 62.4 Å². The summed E-state index contributed by atoms with van der Waals surface area (Å²) < 4.78 is 2.23. The second-order valence-corrected chi connectivity index (χ2v) is 19.7. The van der Waals surface area contributed by atoms with Gasteiger partial charge in [-0.3, -0.25) is 4.90 Å². The number of rotatable bonds is 10. The molecule has 10 rings (SSSR count). The molecule has 0 amide bonds. The topological polar surface area (TPSA) is 14.1 Å². The molecule has 10 aromatic rings. The second kappa shape index (κ2) is 17.7. The van der Waals surface area contributed by atoms with Crippen molar-refractivity contribution < 1.29 is 0 Å². The first kappa shape index (κ1) is 43.4. The number of anilines is 9. The monoisotopic (exact) mass is 890 g/mol. The summed E-state index contributed by atoms with van der Waals surface area (Å²) in [7, 11) is 0. The summed E-state index contributed by atoms with van der Waals surface area (Å²) in [6.07, 6.45) is 2.12. The Balaban J connectivity index is 1.20. The Bertz CT molecular complexity index is 3330. The van der Waals surface area contributed by atoms with E-state index < -0.39 is 0 Å². The van der Waals surface area contributed by atoms with Crippen molar-refractivity contribution in [1.82, 2.24) is 4.40 Å². The van der Waals surface area contributed by atoms with Crippen LogP contribution in [-0.4, -0.2) is 4.40 Å². The zero-order valence-corrected chi connectivity index (χ0v) is 39.8. The predicted octanol–water partition coefficient (Wildman–Crippen LogP) is 18.4. The molecule has 0 unspecified atom stereocenters. The zero-order valence-electron chi connectivity index (χ0n) is 39.0. The maximum Gasteiger partial charge on any atom is 0.122 e. The van der Waals surface area contributed by atoms with Crippen molar-refractivity contribution in [3.63, 3.8) is 0 Å². The van der Waals surface area contributed by atoms with Crippen LogP contribution in [0.15, 0.2) is 225 Å². The van der Waals surface area contributed by atoms with Crippen LogP contribution in [0.1, 0.15) is 52.7 Å². The van der Waals surface area contributed by atoms with Gasteiger partial charge in [0.05, 0.1) is 22.1 Å². The highest BCUT2D eigenvalue weighted by Gasteiger charge is 2.28. The van der Waals surface area contributed by atoms with Gasteiger partial charge in [0.15, 0.2) is 0 Å². The van der Waals surface area contributed by atoms with Crippen LogP contribution in [0.2, 0.25) is 5.02 Å². The third-order valence-corrected chi connectivity index (χ3v) is 13.1. The smallest absolute Gasteiger partial charge is 0.122 e. The van der Waals surface area contributed by atoms with Gasteiger partial charge in [0, 0.05) is 45.5 Å². The first-order valence-corrected chi connectivity index (χ1v) is 23.5. The molecule has 0 radical (unpaired) electrons. The van der Waals surface area contributed by atoms with Gasteiger partial charge in [-0.1, -0.05) is 174 Å². The molecule has 0 spiro atoms. The van der Waals surface area contributed by atoms with Gasteiger partial charge in [-0.2, -0.15) is 0 Å². The number of nitrogens with zero attached hydrogens (tertiary/aromatic N) is 4. The Morgan fingerprint density at radius 1 is 0.373 bits per heavy atom. The minimum atomic E-state index is -0.217. The summed E-state index contributed by atoms with van der Waals surface area (Å²) in [5, 5.41) is 2.99. The number of halogens is 1. The van der Waals surface area contributed by atoms with E-state index >= 15 is 0 Å². The van der Waals surface area contributed by atoms with Crippen LogP contribution >= 0.6 is 11.6 Å². The van der Waals surface area contributed by atoms with Crippen molar-refractivity contribution in [2.24, 2.45) is 0 Å². The summed E-state index contributed by atoms with van der Waals surface area (Å²) in [6.45, 7) is 13.6. The van der Waals surface area contributed by atoms with Crippen LogP contribution in [0, 0.1) is 0 Å². The lowest BCUT2D eigenvalue weighted by atomic mass is 9.86. The van der Waals surface area contributed by atoms with E-state index in [-0.39, 0.29) is 10.8 Å². The summed E-state index contributed by atoms with van der Waals surface area (Å²) in [5.74, 6) is 0.993. The average Bonchev–Trinajstić information content (AvgIpc) is 3.77. The standard InChI is InChI=1S/C62H55ClN4/c1-61(2,3)45-32-34-50(35-33-45)65(56-38-37-53(44-21-10-7-11-22-44)54-30-16-17-31-55(54)56)51-28-20-29-52(43-51)66(48-24-12-8-13-25-48)57-41-46(62(4,5)6)42-58(60(57)63)67(49-26-14-9-15-27-49)59-39-36-47-23-18-19-40-64(47)59/h7-43H,1-6H3. The van der Waals surface area contributed by atoms with E-state index in [1.54, 1.807) is 0 Å². The lowest BCUT2D eigenvalue weighted by Crippen LogP contribution is -2.19. The van der Waals surface area contributed by atoms with Crippen molar-refractivity contribution >= 4 is 79.2 Å². The van der Waals surface area contributed by atoms with E-state index in [2.05, 4.69) is 285 Å². The Labute approximate surface area is 400 Å². The number of hydrogen-bond acceptors (Lipinski definition) is 3. The van der Waals surface area contributed by atoms with Crippen LogP contribution in [0.3, 0.4) is 0 Å². The van der Waals surface area contributed by atoms with Gasteiger partial charge in [-0.15, -0.1) is 0 Å². The fraction of sp³-hybridized carbons (Fsp3) is 0.129. The van der Waals surface area contributed by atoms with Crippen LogP contribution in [-0.2, 0) is 10.8 Å². The molecule has 2 aromatic heterocycles. The minimum absolute atomic E-state index is 0.00786. The first-order valence-electron chi connectivity index (χ1n) is 23.1. The zero-order chi connectivity index (χ0) is 46.3. The summed E-state index contributed by atoms with van der Waals surface area (Å²) in [4.78, 5) is 7.02. The Morgan fingerprint density at radius 3 is 1.51 bits per heavy atom. The summed E-state index contributed by atoms with van der Waals surface area (Å²) in [5.41, 5.74) is 13.7. The van der Waals surface area contributed by atoms with Crippen LogP contribution < -0.4 is 14.7 Å². The minimum Gasteiger partial charge on any atom is -0.310 e. The van der Waals surface area contributed by atoms with Crippen molar-refractivity contribution in [3.8, 4) is 11.1 Å². The summed E-state index contributed by atoms with van der Waals surface area (Å²) >= 11 is 8.01. The normalized spacial score (nSPS) is 11.8. The van der Waals surface area contributed by atoms with Crippen LogP contribution in [0.25, 0.3) is 27.4 Å². The van der Waals surface area contributed by atoms with Crippen molar-refractivity contribution in [1.29, 1.82) is 0 Å². The number of benzene rings is 8. The number of para-hydroxylation sites is 2. The molecule has 0 aliphatic heterocycles. The Hall–Kier alpha value is -7.53. The van der Waals surface area contributed by atoms with Gasteiger partial charge in [-0.05, 0) is 136 Å². The highest BCUT2D eigenvalue weighted by Crippen LogP contribution is 2.50. The molecule has 0 aliphatic carbocycles. The van der Waals surface area contributed by atoms with Gasteiger partial charge in [-0.25, -0.2) is 0 Å². The summed E-state index contributed by atoms with van der Waals surface area (Å²) in [6, 6.07) is 78.3. The van der Waals surface area contributed by atoms with Gasteiger partial charge in [0.2, 0.25) is 0 Å². The highest BCUT2D eigenvalue weighted by molar-refractivity contribution is 6.36. The molecule has 0 saturated carbocycles. The van der Waals surface area contributed by atoms with E-state index in [4.69, 9.17) is 11.6 Å². The molecule has 4 nitrogen and oxygen atoms in total. The molecule has 2 heterocycles. The van der Waals surface area contributed by atoms with Crippen molar-refractivity contribution in [2.45, 2.75) is 52.4 Å². The highest BCUT2D eigenvalue weighted by atomic mass is 35.5. The molecule has 0 aliphatic rings. The molecule has 330 valence electrons. The SMILES string of the molecule is CC(C)(C)c1ccc(N(c2cccc(N(c3ccccc3)c3cc(C(C)(C)C)cc(N(c4ccccc4)c4ccc5ccccn45)c3Cl)c2)c2ccc(-c3ccccc3)c3ccccc23)cc1. The van der Waals surface area contributed by atoms with Gasteiger partial charge >= 0.3 is 0 Å². The number of fused-ring (bicyclic) bond motifs is 2. The first-order chi connectivity index (χ1) is 32.4. The molecule has 8 aromatic carbocycles. The molecule has 0 fully saturated rings. The third kappa shape index (κ3) is 8.46. The molecule has 0 saturated heterocycles. The van der Waals surface area contributed by atoms with Crippen LogP contribution in [0.4, 0.5) is 51.3 Å². The fourth-order valence-electron chi connectivity index (χ4n) is 9.21. The second-order valence-electron chi connectivity index (χ2n) is 19.3. The number of hydrogen-bond donors (Lipinski definition) is 0. The van der Waals surface area contributed by atoms with Gasteiger partial charge < -0.3 is 14.2 Å². The molecular formula is C62H55ClN4. The molecular weight excluding hydrogens is 836 g/mol. The van der Waals surface area contributed by atoms with Crippen LogP contribution in [0.5, 0.6) is 0 Å². The third-order valence-electron chi connectivity index (χ3n) is 12.7. The largest absolute Gasteiger partial charge is 0.310 e. The van der Waals surface area contributed by atoms with E-state index in [1.165, 1.54) is 27.5 Å². The van der Waals surface area contributed by atoms with Crippen molar-refractivity contribution in [2.75, 3.05) is 14.7 Å². The molecule has 5 heteroatoms. The van der Waals surface area contributed by atoms with E-state index in [1.807, 2.05) is 0 Å². The van der Waals surface area contributed by atoms with E-state index in [0.29, 0.717) is 5.02 Å². The lowest BCUT2D eigenvalue weighted by molar-refractivity contribution is 0.590. The maximum absolute atomic E-state index is 8.01. The average molecular weight is 892 g/mol. The number of pyridine rings is 1. The Kier molecular flexibility index (Phi) is 11.5. The number of aromatic nitrogens is 1. The van der Waals surface area contributed by atoms with E-state index in [9.17, 15) is 0 Å². The molecule has 67 heavy (non-hydrogen) atoms. The predicted molar refractivity (Wildman–Crippen MR) is 287 cm³/mol. The molecule has 0 bridgehead atoms. The fourth-order valence-corrected chi connectivity index (χ4v) is 9.49. The quantitative estimate of drug-likeness (QED) is 0.136. The van der Waals surface area contributed by atoms with Gasteiger partial charge in [0.1, 0.15) is 5.82 Å². The lowest BCUT2D eigenvalue weighted by Gasteiger charge is -2.34. The van der Waals surface area contributed by atoms with Gasteiger partial charge in [0.25, 0.3) is 0 Å².